The Hall–Kier alpha value is -0.220. The number of carbonyl (C=O) groups is 2. The molecule has 22 heavy (non-hydrogen) atoms. The van der Waals surface area contributed by atoms with Crippen molar-refractivity contribution in [2.45, 2.75) is 58.8 Å². The molecule has 2 nitrogen and oxygen atoms in total. The Labute approximate surface area is 143 Å². The lowest BCUT2D eigenvalue weighted by Gasteiger charge is -2.33. The molecule has 4 heteroatoms. The maximum Gasteiger partial charge on any atom is 0.167 e. The fourth-order valence-corrected chi connectivity index (χ4v) is 5.83. The lowest BCUT2D eigenvalue weighted by atomic mass is 9.77. The molecule has 0 spiro atoms. The Bertz CT molecular complexity index is 436. The Morgan fingerprint density at radius 2 is 2.05 bits per heavy atom. The van der Waals surface area contributed by atoms with Crippen molar-refractivity contribution in [1.29, 1.82) is 0 Å². The Morgan fingerprint density at radius 1 is 1.23 bits per heavy atom. The Morgan fingerprint density at radius 3 is 2.68 bits per heavy atom. The fourth-order valence-electron chi connectivity index (χ4n) is 3.40. The smallest absolute Gasteiger partial charge is 0.167 e. The molecule has 1 saturated heterocycles. The van der Waals surface area contributed by atoms with Gasteiger partial charge in [-0.1, -0.05) is 13.8 Å². The summed E-state index contributed by atoms with van der Waals surface area (Å²) in [4.78, 5) is 26.1. The number of hydrogen-bond acceptors (Lipinski definition) is 4. The average molecular weight is 341 g/mol. The molecule has 2 atom stereocenters. The summed E-state index contributed by atoms with van der Waals surface area (Å²) in [5.74, 6) is 4.83. The van der Waals surface area contributed by atoms with Gasteiger partial charge in [0.2, 0.25) is 0 Å². The summed E-state index contributed by atoms with van der Waals surface area (Å²) in [6.07, 6.45) is 6.53. The van der Waals surface area contributed by atoms with Gasteiger partial charge >= 0.3 is 0 Å². The Kier molecular flexibility index (Phi) is 7.55. The first kappa shape index (κ1) is 18.1. The molecule has 1 aliphatic heterocycles. The summed E-state index contributed by atoms with van der Waals surface area (Å²) in [5.41, 5.74) is 0.569. The molecule has 0 aromatic heterocycles. The van der Waals surface area contributed by atoms with Crippen LogP contribution in [0.1, 0.15) is 58.8 Å². The maximum absolute atomic E-state index is 12.6. The summed E-state index contributed by atoms with van der Waals surface area (Å²) in [5, 5.41) is 0. The number of ketones is 2. The first-order valence-electron chi connectivity index (χ1n) is 8.67. The monoisotopic (exact) mass is 340 g/mol. The summed E-state index contributed by atoms with van der Waals surface area (Å²) in [6.45, 7) is 4.16. The highest BCUT2D eigenvalue weighted by atomic mass is 32.2. The topological polar surface area (TPSA) is 34.1 Å². The first-order valence-corrected chi connectivity index (χ1v) is 10.8. The highest BCUT2D eigenvalue weighted by Crippen LogP contribution is 2.42. The minimum atomic E-state index is 0.0857. The van der Waals surface area contributed by atoms with Crippen LogP contribution in [0.3, 0.4) is 0 Å². The van der Waals surface area contributed by atoms with Gasteiger partial charge in [0.1, 0.15) is 0 Å². The molecule has 1 aliphatic carbocycles. The minimum absolute atomic E-state index is 0.0857. The van der Waals surface area contributed by atoms with E-state index in [2.05, 4.69) is 6.92 Å². The molecule has 0 aromatic rings. The zero-order chi connectivity index (χ0) is 15.9. The lowest BCUT2D eigenvalue weighted by molar-refractivity contribution is -0.122. The van der Waals surface area contributed by atoms with Gasteiger partial charge in [-0.25, -0.2) is 0 Å². The molecule has 1 fully saturated rings. The molecule has 0 amide bonds. The van der Waals surface area contributed by atoms with Gasteiger partial charge in [-0.05, 0) is 66.1 Å². The second-order valence-corrected chi connectivity index (χ2v) is 8.73. The maximum atomic E-state index is 12.6. The van der Waals surface area contributed by atoms with E-state index in [1.165, 1.54) is 24.3 Å². The molecule has 0 saturated carbocycles. The number of rotatable bonds is 7. The minimum Gasteiger partial charge on any atom is -0.294 e. The van der Waals surface area contributed by atoms with Crippen LogP contribution < -0.4 is 0 Å². The van der Waals surface area contributed by atoms with E-state index in [1.807, 2.05) is 18.7 Å². The van der Waals surface area contributed by atoms with Gasteiger partial charge in [0.05, 0.1) is 5.57 Å². The van der Waals surface area contributed by atoms with E-state index in [-0.39, 0.29) is 11.6 Å². The van der Waals surface area contributed by atoms with E-state index in [4.69, 9.17) is 0 Å². The van der Waals surface area contributed by atoms with E-state index in [0.29, 0.717) is 30.3 Å². The van der Waals surface area contributed by atoms with Crippen LogP contribution in [0.5, 0.6) is 0 Å². The molecule has 0 aromatic carbocycles. The fraction of sp³-hybridized carbons (Fsp3) is 0.778. The van der Waals surface area contributed by atoms with Gasteiger partial charge < -0.3 is 0 Å². The van der Waals surface area contributed by atoms with Crippen LogP contribution in [0.2, 0.25) is 0 Å². The van der Waals surface area contributed by atoms with Crippen molar-refractivity contribution in [3.05, 3.63) is 10.5 Å². The van der Waals surface area contributed by atoms with Gasteiger partial charge in [-0.15, -0.1) is 11.8 Å². The van der Waals surface area contributed by atoms with Crippen LogP contribution in [0.4, 0.5) is 0 Å². The van der Waals surface area contributed by atoms with Crippen LogP contribution >= 0.6 is 23.5 Å². The third-order valence-electron chi connectivity index (χ3n) is 4.55. The zero-order valence-electron chi connectivity index (χ0n) is 13.9. The van der Waals surface area contributed by atoms with Crippen molar-refractivity contribution in [3.63, 3.8) is 0 Å². The van der Waals surface area contributed by atoms with E-state index in [9.17, 15) is 9.59 Å². The quantitative estimate of drug-likeness (QED) is 0.619. The van der Waals surface area contributed by atoms with Gasteiger partial charge in [0, 0.05) is 12.8 Å². The van der Waals surface area contributed by atoms with Crippen molar-refractivity contribution in [2.75, 3.05) is 17.3 Å². The van der Waals surface area contributed by atoms with E-state index >= 15 is 0 Å². The third kappa shape index (κ3) is 4.64. The largest absolute Gasteiger partial charge is 0.294 e. The highest BCUT2D eigenvalue weighted by molar-refractivity contribution is 8.03. The second kappa shape index (κ2) is 9.17. The molecule has 0 bridgehead atoms. The number of carbonyl (C=O) groups excluding carboxylic acids is 2. The van der Waals surface area contributed by atoms with E-state index in [1.54, 1.807) is 11.8 Å². The molecule has 2 aliphatic rings. The average Bonchev–Trinajstić information content (AvgIpc) is 2.53. The molecule has 2 unspecified atom stereocenters. The summed E-state index contributed by atoms with van der Waals surface area (Å²) >= 11 is 3.79. The SMILES string of the molecule is CCCSC1=C(C(=O)CCC)C(=O)CC(C2CCCSC2)C1. The van der Waals surface area contributed by atoms with E-state index < -0.39 is 0 Å². The summed E-state index contributed by atoms with van der Waals surface area (Å²) < 4.78 is 0. The lowest BCUT2D eigenvalue weighted by Crippen LogP contribution is -2.30. The second-order valence-electron chi connectivity index (χ2n) is 6.39. The molecular weight excluding hydrogens is 312 g/mol. The number of thioether (sulfide) groups is 2. The number of hydrogen-bond donors (Lipinski definition) is 0. The predicted octanol–water partition coefficient (Wildman–Crippen LogP) is 4.88. The van der Waals surface area contributed by atoms with Crippen LogP contribution in [0.15, 0.2) is 10.5 Å². The Balaban J connectivity index is 2.16. The highest BCUT2D eigenvalue weighted by Gasteiger charge is 2.35. The molecule has 2 rings (SSSR count). The number of allylic oxidation sites excluding steroid dienone is 2. The summed E-state index contributed by atoms with van der Waals surface area (Å²) in [6, 6.07) is 0. The molecular formula is C18H28O2S2. The van der Waals surface area contributed by atoms with Crippen molar-refractivity contribution >= 4 is 35.1 Å². The summed E-state index contributed by atoms with van der Waals surface area (Å²) in [7, 11) is 0. The van der Waals surface area contributed by atoms with Crippen molar-refractivity contribution in [3.8, 4) is 0 Å². The van der Waals surface area contributed by atoms with Gasteiger partial charge in [0.15, 0.2) is 11.6 Å². The zero-order valence-corrected chi connectivity index (χ0v) is 15.5. The van der Waals surface area contributed by atoms with Gasteiger partial charge in [-0.3, -0.25) is 9.59 Å². The van der Waals surface area contributed by atoms with Crippen LogP contribution in [-0.2, 0) is 9.59 Å². The molecule has 0 radical (unpaired) electrons. The molecule has 1 heterocycles. The van der Waals surface area contributed by atoms with Crippen molar-refractivity contribution in [2.24, 2.45) is 11.8 Å². The molecule has 124 valence electrons. The van der Waals surface area contributed by atoms with Gasteiger partial charge in [-0.2, -0.15) is 11.8 Å². The van der Waals surface area contributed by atoms with Crippen LogP contribution in [-0.4, -0.2) is 28.8 Å². The third-order valence-corrected chi connectivity index (χ3v) is 7.12. The predicted molar refractivity (Wildman–Crippen MR) is 97.5 cm³/mol. The van der Waals surface area contributed by atoms with Crippen LogP contribution in [0, 0.1) is 11.8 Å². The first-order chi connectivity index (χ1) is 10.7. The standard InChI is InChI=1S/C18H28O2S2/c1-3-6-15(19)18-16(20)10-14(11-17(18)22-8-4-2)13-7-5-9-21-12-13/h13-14H,3-12H2,1-2H3. The number of Topliss-reactive ketones (excluding diaryl/α,β-unsaturated/α-hetero) is 2. The van der Waals surface area contributed by atoms with Crippen molar-refractivity contribution in [1.82, 2.24) is 0 Å². The van der Waals surface area contributed by atoms with Crippen molar-refractivity contribution < 1.29 is 9.59 Å². The molecule has 0 N–H and O–H groups in total. The normalized spacial score (nSPS) is 26.4. The van der Waals surface area contributed by atoms with Crippen LogP contribution in [0.25, 0.3) is 0 Å². The van der Waals surface area contributed by atoms with Gasteiger partial charge in [0.25, 0.3) is 0 Å². The van der Waals surface area contributed by atoms with E-state index in [0.717, 1.165) is 29.9 Å².